The van der Waals surface area contributed by atoms with E-state index in [9.17, 15) is 4.79 Å². The predicted octanol–water partition coefficient (Wildman–Crippen LogP) is 6.68. The van der Waals surface area contributed by atoms with E-state index in [4.69, 9.17) is 28.2 Å². The van der Waals surface area contributed by atoms with E-state index in [-0.39, 0.29) is 5.91 Å². The average molecular weight is 519 g/mol. The van der Waals surface area contributed by atoms with Gasteiger partial charge in [-0.2, -0.15) is 0 Å². The van der Waals surface area contributed by atoms with Crippen molar-refractivity contribution in [3.8, 4) is 22.5 Å². The number of imidazole rings is 1. The van der Waals surface area contributed by atoms with Crippen molar-refractivity contribution in [3.05, 3.63) is 82.5 Å². The Kier molecular flexibility index (Phi) is 6.46. The molecule has 2 aromatic heterocycles. The molecule has 184 valence electrons. The maximum Gasteiger partial charge on any atom is 0.255 e. The zero-order chi connectivity index (χ0) is 24.6. The molecule has 36 heavy (non-hydrogen) atoms. The first kappa shape index (κ1) is 23.5. The van der Waals surface area contributed by atoms with Crippen LogP contribution in [0.3, 0.4) is 0 Å². The Bertz CT molecular complexity index is 1380. The van der Waals surface area contributed by atoms with Gasteiger partial charge in [-0.1, -0.05) is 47.5 Å². The Hall–Kier alpha value is -2.86. The van der Waals surface area contributed by atoms with Crippen molar-refractivity contribution in [1.82, 2.24) is 19.2 Å². The van der Waals surface area contributed by atoms with Gasteiger partial charge in [-0.05, 0) is 75.2 Å². The fourth-order valence-electron chi connectivity index (χ4n) is 5.59. The maximum atomic E-state index is 13.5. The lowest BCUT2D eigenvalue weighted by Gasteiger charge is -2.36. The Morgan fingerprint density at radius 3 is 2.03 bits per heavy atom. The zero-order valence-electron chi connectivity index (χ0n) is 20.0. The number of hydrogen-bond donors (Lipinski definition) is 0. The zero-order valence-corrected chi connectivity index (χ0v) is 21.5. The van der Waals surface area contributed by atoms with Crippen LogP contribution in [0.15, 0.2) is 66.9 Å². The smallest absolute Gasteiger partial charge is 0.255 e. The highest BCUT2D eigenvalue weighted by molar-refractivity contribution is 6.31. The summed E-state index contributed by atoms with van der Waals surface area (Å²) < 4.78 is 2.03. The summed E-state index contributed by atoms with van der Waals surface area (Å²) in [5.74, 6) is 0.0839. The SMILES string of the molecule is O=C(c1ccc2nc(-c3ccc(Cl)cc3)c(-c3ccc(Cl)cc3)n2c1)N1CCC(N2CCCC2)CC1. The van der Waals surface area contributed by atoms with Crippen LogP contribution in [0.25, 0.3) is 28.2 Å². The van der Waals surface area contributed by atoms with Crippen molar-refractivity contribution >= 4 is 34.8 Å². The number of rotatable bonds is 4. The van der Waals surface area contributed by atoms with E-state index < -0.39 is 0 Å². The highest BCUT2D eigenvalue weighted by atomic mass is 35.5. The van der Waals surface area contributed by atoms with Gasteiger partial charge in [-0.15, -0.1) is 0 Å². The fraction of sp³-hybridized carbons (Fsp3) is 0.310. The number of pyridine rings is 1. The normalized spacial score (nSPS) is 17.2. The summed E-state index contributed by atoms with van der Waals surface area (Å²) in [6.45, 7) is 4.03. The van der Waals surface area contributed by atoms with E-state index in [0.29, 0.717) is 21.7 Å². The minimum atomic E-state index is 0.0839. The Morgan fingerprint density at radius 2 is 1.39 bits per heavy atom. The van der Waals surface area contributed by atoms with Crippen molar-refractivity contribution in [2.24, 2.45) is 0 Å². The third kappa shape index (κ3) is 4.52. The molecule has 4 heterocycles. The van der Waals surface area contributed by atoms with Crippen LogP contribution in [-0.4, -0.2) is 57.3 Å². The van der Waals surface area contributed by atoms with E-state index in [1.54, 1.807) is 0 Å². The summed E-state index contributed by atoms with van der Waals surface area (Å²) in [6.07, 6.45) is 6.64. The maximum absolute atomic E-state index is 13.5. The number of benzene rings is 2. The number of likely N-dealkylation sites (tertiary alicyclic amines) is 2. The van der Waals surface area contributed by atoms with Crippen molar-refractivity contribution in [1.29, 1.82) is 0 Å². The molecule has 0 radical (unpaired) electrons. The number of piperidine rings is 1. The number of hydrogen-bond acceptors (Lipinski definition) is 3. The van der Waals surface area contributed by atoms with Crippen molar-refractivity contribution in [3.63, 3.8) is 0 Å². The van der Waals surface area contributed by atoms with Crippen LogP contribution in [0.4, 0.5) is 0 Å². The first-order valence-corrected chi connectivity index (χ1v) is 13.4. The van der Waals surface area contributed by atoms with E-state index in [1.165, 1.54) is 25.9 Å². The molecule has 7 heteroatoms. The second-order valence-corrected chi connectivity index (χ2v) is 10.6. The summed E-state index contributed by atoms with van der Waals surface area (Å²) in [6, 6.07) is 19.9. The van der Waals surface area contributed by atoms with E-state index in [1.807, 2.05) is 76.2 Å². The molecule has 2 saturated heterocycles. The summed E-state index contributed by atoms with van der Waals surface area (Å²) in [5.41, 5.74) is 5.17. The number of halogens is 2. The molecule has 0 aliphatic carbocycles. The van der Waals surface area contributed by atoms with E-state index in [2.05, 4.69) is 4.90 Å². The second-order valence-electron chi connectivity index (χ2n) is 9.74. The van der Waals surface area contributed by atoms with Crippen molar-refractivity contribution < 1.29 is 4.79 Å². The third-order valence-corrected chi connectivity index (χ3v) is 8.01. The van der Waals surface area contributed by atoms with Crippen LogP contribution < -0.4 is 0 Å². The molecule has 2 fully saturated rings. The predicted molar refractivity (Wildman–Crippen MR) is 146 cm³/mol. The van der Waals surface area contributed by atoms with Crippen LogP contribution in [0, 0.1) is 0 Å². The van der Waals surface area contributed by atoms with Gasteiger partial charge in [0.25, 0.3) is 5.91 Å². The van der Waals surface area contributed by atoms with E-state index in [0.717, 1.165) is 54.1 Å². The van der Waals surface area contributed by atoms with Crippen LogP contribution in [0.1, 0.15) is 36.0 Å². The molecule has 0 spiro atoms. The fourth-order valence-corrected chi connectivity index (χ4v) is 5.84. The lowest BCUT2D eigenvalue weighted by molar-refractivity contribution is 0.0644. The summed E-state index contributed by atoms with van der Waals surface area (Å²) >= 11 is 12.3. The quantitative estimate of drug-likeness (QED) is 0.302. The van der Waals surface area contributed by atoms with Crippen LogP contribution in [0.2, 0.25) is 10.0 Å². The molecular formula is C29H28Cl2N4O. The molecule has 0 unspecified atom stereocenters. The molecule has 1 amide bonds. The topological polar surface area (TPSA) is 40.9 Å². The lowest BCUT2D eigenvalue weighted by Crippen LogP contribution is -2.45. The second kappa shape index (κ2) is 9.89. The summed E-state index contributed by atoms with van der Waals surface area (Å²) in [4.78, 5) is 23.1. The lowest BCUT2D eigenvalue weighted by atomic mass is 10.0. The number of carbonyl (C=O) groups excluding carboxylic acids is 1. The minimum absolute atomic E-state index is 0.0839. The molecule has 2 aromatic carbocycles. The monoisotopic (exact) mass is 518 g/mol. The number of carbonyl (C=O) groups is 1. The summed E-state index contributed by atoms with van der Waals surface area (Å²) in [5, 5.41) is 1.35. The number of aromatic nitrogens is 2. The first-order chi connectivity index (χ1) is 17.6. The molecule has 0 saturated carbocycles. The van der Waals surface area contributed by atoms with Gasteiger partial charge in [-0.25, -0.2) is 4.98 Å². The molecule has 6 rings (SSSR count). The third-order valence-electron chi connectivity index (χ3n) is 7.51. The molecule has 2 aliphatic rings. The molecule has 4 aromatic rings. The molecule has 0 bridgehead atoms. The highest BCUT2D eigenvalue weighted by Crippen LogP contribution is 2.34. The first-order valence-electron chi connectivity index (χ1n) is 12.6. The van der Waals surface area contributed by atoms with Crippen molar-refractivity contribution in [2.75, 3.05) is 26.2 Å². The molecule has 2 aliphatic heterocycles. The van der Waals surface area contributed by atoms with Crippen LogP contribution in [-0.2, 0) is 0 Å². The Morgan fingerprint density at radius 1 is 0.778 bits per heavy atom. The van der Waals surface area contributed by atoms with Gasteiger partial charge in [-0.3, -0.25) is 9.20 Å². The Labute approximate surface area is 221 Å². The van der Waals surface area contributed by atoms with Gasteiger partial charge in [0.05, 0.1) is 17.0 Å². The van der Waals surface area contributed by atoms with Gasteiger partial charge in [0, 0.05) is 46.5 Å². The molecule has 0 atom stereocenters. The van der Waals surface area contributed by atoms with E-state index >= 15 is 0 Å². The van der Waals surface area contributed by atoms with Gasteiger partial charge in [0.2, 0.25) is 0 Å². The van der Waals surface area contributed by atoms with Gasteiger partial charge < -0.3 is 9.80 Å². The van der Waals surface area contributed by atoms with Crippen LogP contribution in [0.5, 0.6) is 0 Å². The Balaban J connectivity index is 1.35. The van der Waals surface area contributed by atoms with Gasteiger partial charge in [0.15, 0.2) is 0 Å². The largest absolute Gasteiger partial charge is 0.338 e. The number of nitrogens with zero attached hydrogens (tertiary/aromatic N) is 4. The number of fused-ring (bicyclic) bond motifs is 1. The summed E-state index contributed by atoms with van der Waals surface area (Å²) in [7, 11) is 0. The minimum Gasteiger partial charge on any atom is -0.338 e. The number of amides is 1. The van der Waals surface area contributed by atoms with Gasteiger partial charge >= 0.3 is 0 Å². The highest BCUT2D eigenvalue weighted by Gasteiger charge is 2.29. The van der Waals surface area contributed by atoms with Gasteiger partial charge in [0.1, 0.15) is 5.65 Å². The molecular weight excluding hydrogens is 491 g/mol. The van der Waals surface area contributed by atoms with Crippen molar-refractivity contribution in [2.45, 2.75) is 31.7 Å². The molecule has 5 nitrogen and oxygen atoms in total. The average Bonchev–Trinajstić information content (AvgIpc) is 3.58. The molecule has 0 N–H and O–H groups in total. The standard InChI is InChI=1S/C29H28Cl2N4O/c30-23-8-3-20(4-9-23)27-28(21-5-10-24(31)11-6-21)35-19-22(7-12-26(35)32-27)29(36)34-17-13-25(14-18-34)33-15-1-2-16-33/h3-12,19,25H,1-2,13-18H2. The van der Waals surface area contributed by atoms with Crippen LogP contribution >= 0.6 is 23.2 Å².